The van der Waals surface area contributed by atoms with Gasteiger partial charge in [0.2, 0.25) is 0 Å². The van der Waals surface area contributed by atoms with E-state index >= 15 is 0 Å². The highest BCUT2D eigenvalue weighted by Crippen LogP contribution is 2.31. The SMILES string of the molecule is CNC1CCN(c2ccc(Cl)c(Br)c2)C(C)C1. The van der Waals surface area contributed by atoms with Crippen molar-refractivity contribution in [2.75, 3.05) is 18.5 Å². The molecule has 0 aliphatic carbocycles. The summed E-state index contributed by atoms with van der Waals surface area (Å²) in [4.78, 5) is 2.45. The van der Waals surface area contributed by atoms with Crippen LogP contribution in [0.15, 0.2) is 22.7 Å². The van der Waals surface area contributed by atoms with Gasteiger partial charge in [0.15, 0.2) is 0 Å². The lowest BCUT2D eigenvalue weighted by atomic mass is 9.98. The smallest absolute Gasteiger partial charge is 0.0549 e. The molecule has 0 saturated carbocycles. The van der Waals surface area contributed by atoms with Crippen molar-refractivity contribution in [3.63, 3.8) is 0 Å². The molecular weight excluding hydrogens is 300 g/mol. The molecule has 2 atom stereocenters. The summed E-state index contributed by atoms with van der Waals surface area (Å²) < 4.78 is 0.972. The number of nitrogens with one attached hydrogen (secondary N) is 1. The van der Waals surface area contributed by atoms with Crippen LogP contribution in [0.5, 0.6) is 0 Å². The van der Waals surface area contributed by atoms with Crippen LogP contribution in [0.2, 0.25) is 5.02 Å². The molecule has 1 aliphatic heterocycles. The summed E-state index contributed by atoms with van der Waals surface area (Å²) >= 11 is 9.51. The van der Waals surface area contributed by atoms with Gasteiger partial charge in [-0.25, -0.2) is 0 Å². The van der Waals surface area contributed by atoms with Gasteiger partial charge in [0.25, 0.3) is 0 Å². The fourth-order valence-electron chi connectivity index (χ4n) is 2.48. The molecule has 0 aromatic heterocycles. The van der Waals surface area contributed by atoms with Gasteiger partial charge in [-0.15, -0.1) is 0 Å². The summed E-state index contributed by atoms with van der Waals surface area (Å²) in [7, 11) is 2.05. The molecule has 0 spiro atoms. The van der Waals surface area contributed by atoms with E-state index in [1.54, 1.807) is 0 Å². The van der Waals surface area contributed by atoms with Crippen molar-refractivity contribution < 1.29 is 0 Å². The maximum atomic E-state index is 6.03. The summed E-state index contributed by atoms with van der Waals surface area (Å²) in [6, 6.07) is 7.38. The third kappa shape index (κ3) is 2.95. The van der Waals surface area contributed by atoms with Gasteiger partial charge in [0.1, 0.15) is 0 Å². The molecule has 4 heteroatoms. The van der Waals surface area contributed by atoms with E-state index in [1.807, 2.05) is 13.1 Å². The third-order valence-electron chi connectivity index (χ3n) is 3.52. The Bertz CT molecular complexity index is 397. The zero-order valence-electron chi connectivity index (χ0n) is 10.2. The number of piperidine rings is 1. The minimum atomic E-state index is 0.564. The van der Waals surface area contributed by atoms with Crippen molar-refractivity contribution >= 4 is 33.2 Å². The quantitative estimate of drug-likeness (QED) is 0.895. The molecule has 17 heavy (non-hydrogen) atoms. The molecule has 1 fully saturated rings. The van der Waals surface area contributed by atoms with E-state index in [9.17, 15) is 0 Å². The first kappa shape index (κ1) is 13.2. The first-order valence-electron chi connectivity index (χ1n) is 6.00. The van der Waals surface area contributed by atoms with E-state index in [4.69, 9.17) is 11.6 Å². The number of halogens is 2. The molecule has 94 valence electrons. The van der Waals surface area contributed by atoms with Crippen LogP contribution in [0, 0.1) is 0 Å². The second-order valence-corrected chi connectivity index (χ2v) is 5.91. The summed E-state index contributed by atoms with van der Waals surface area (Å²) in [5.41, 5.74) is 1.25. The van der Waals surface area contributed by atoms with E-state index < -0.39 is 0 Å². The van der Waals surface area contributed by atoms with Gasteiger partial charge in [-0.2, -0.15) is 0 Å². The molecule has 2 unspecified atom stereocenters. The van der Waals surface area contributed by atoms with Gasteiger partial charge >= 0.3 is 0 Å². The molecule has 2 rings (SSSR count). The molecule has 1 aliphatic rings. The van der Waals surface area contributed by atoms with Crippen LogP contribution in [0.25, 0.3) is 0 Å². The summed E-state index contributed by atoms with van der Waals surface area (Å²) in [5, 5.41) is 4.14. The Hall–Kier alpha value is -0.250. The van der Waals surface area contributed by atoms with Crippen molar-refractivity contribution in [1.29, 1.82) is 0 Å². The monoisotopic (exact) mass is 316 g/mol. The highest BCUT2D eigenvalue weighted by molar-refractivity contribution is 9.10. The zero-order chi connectivity index (χ0) is 12.4. The van der Waals surface area contributed by atoms with Gasteiger partial charge in [-0.3, -0.25) is 0 Å². The van der Waals surface area contributed by atoms with Crippen molar-refractivity contribution in [2.45, 2.75) is 31.8 Å². The van der Waals surface area contributed by atoms with Crippen molar-refractivity contribution in [1.82, 2.24) is 5.32 Å². The van der Waals surface area contributed by atoms with Gasteiger partial charge in [-0.1, -0.05) is 11.6 Å². The largest absolute Gasteiger partial charge is 0.369 e. The number of anilines is 1. The lowest BCUT2D eigenvalue weighted by Crippen LogP contribution is -2.46. The first-order valence-corrected chi connectivity index (χ1v) is 7.18. The normalized spacial score (nSPS) is 25.1. The molecule has 1 aromatic rings. The van der Waals surface area contributed by atoms with Crippen LogP contribution in [-0.4, -0.2) is 25.7 Å². The Kier molecular flexibility index (Phi) is 4.34. The number of rotatable bonds is 2. The Morgan fingerprint density at radius 2 is 2.24 bits per heavy atom. The third-order valence-corrected chi connectivity index (χ3v) is 4.73. The lowest BCUT2D eigenvalue weighted by molar-refractivity contribution is 0.387. The van der Waals surface area contributed by atoms with Crippen molar-refractivity contribution in [3.8, 4) is 0 Å². The highest BCUT2D eigenvalue weighted by Gasteiger charge is 2.24. The summed E-state index contributed by atoms with van der Waals surface area (Å²) in [6.07, 6.45) is 2.39. The van der Waals surface area contributed by atoms with Crippen LogP contribution >= 0.6 is 27.5 Å². The minimum Gasteiger partial charge on any atom is -0.369 e. The molecular formula is C13H18BrClN2. The van der Waals surface area contributed by atoms with E-state index in [-0.39, 0.29) is 0 Å². The van der Waals surface area contributed by atoms with Gasteiger partial charge in [-0.05, 0) is 60.9 Å². The number of benzene rings is 1. The van der Waals surface area contributed by atoms with Crippen molar-refractivity contribution in [3.05, 3.63) is 27.7 Å². The van der Waals surface area contributed by atoms with E-state index in [2.05, 4.69) is 45.2 Å². The van der Waals surface area contributed by atoms with Crippen LogP contribution in [0.1, 0.15) is 19.8 Å². The summed E-state index contributed by atoms with van der Waals surface area (Å²) in [5.74, 6) is 0. The molecule has 1 aromatic carbocycles. The molecule has 0 bridgehead atoms. The molecule has 1 saturated heterocycles. The number of hydrogen-bond donors (Lipinski definition) is 1. The predicted octanol–water partition coefficient (Wildman–Crippen LogP) is 3.68. The Morgan fingerprint density at radius 3 is 2.82 bits per heavy atom. The van der Waals surface area contributed by atoms with Crippen LogP contribution in [0.3, 0.4) is 0 Å². The van der Waals surface area contributed by atoms with Gasteiger partial charge < -0.3 is 10.2 Å². The Labute approximate surface area is 116 Å². The van der Waals surface area contributed by atoms with Gasteiger partial charge in [0.05, 0.1) is 5.02 Å². The average Bonchev–Trinajstić information content (AvgIpc) is 2.32. The fraction of sp³-hybridized carbons (Fsp3) is 0.538. The second-order valence-electron chi connectivity index (χ2n) is 4.65. The molecule has 1 N–H and O–H groups in total. The van der Waals surface area contributed by atoms with Crippen LogP contribution in [0.4, 0.5) is 5.69 Å². The predicted molar refractivity (Wildman–Crippen MR) is 78.0 cm³/mol. The van der Waals surface area contributed by atoms with Crippen molar-refractivity contribution in [2.24, 2.45) is 0 Å². The topological polar surface area (TPSA) is 15.3 Å². The molecule has 2 nitrogen and oxygen atoms in total. The lowest BCUT2D eigenvalue weighted by Gasteiger charge is -2.39. The molecule has 1 heterocycles. The number of nitrogens with zero attached hydrogens (tertiary/aromatic N) is 1. The minimum absolute atomic E-state index is 0.564. The first-order chi connectivity index (χ1) is 8.11. The molecule has 0 amide bonds. The maximum absolute atomic E-state index is 6.03. The number of hydrogen-bond acceptors (Lipinski definition) is 2. The molecule has 0 radical (unpaired) electrons. The van der Waals surface area contributed by atoms with E-state index in [0.29, 0.717) is 12.1 Å². The van der Waals surface area contributed by atoms with Crippen LogP contribution < -0.4 is 10.2 Å². The van der Waals surface area contributed by atoms with E-state index in [0.717, 1.165) is 16.0 Å². The average molecular weight is 318 g/mol. The Balaban J connectivity index is 2.14. The van der Waals surface area contributed by atoms with Gasteiger partial charge in [0, 0.05) is 28.8 Å². The second kappa shape index (κ2) is 5.59. The zero-order valence-corrected chi connectivity index (χ0v) is 12.6. The maximum Gasteiger partial charge on any atom is 0.0549 e. The van der Waals surface area contributed by atoms with E-state index in [1.165, 1.54) is 18.5 Å². The Morgan fingerprint density at radius 1 is 1.47 bits per heavy atom. The summed E-state index contributed by atoms with van der Waals surface area (Å²) in [6.45, 7) is 3.38. The highest BCUT2D eigenvalue weighted by atomic mass is 79.9. The fourth-order valence-corrected chi connectivity index (χ4v) is 2.97. The van der Waals surface area contributed by atoms with Crippen LogP contribution in [-0.2, 0) is 0 Å². The standard InChI is InChI=1S/C13H18BrClN2/c1-9-7-10(16-2)5-6-17(9)11-3-4-13(15)12(14)8-11/h3-4,8-10,16H,5-7H2,1-2H3.